The van der Waals surface area contributed by atoms with Gasteiger partial charge in [-0.2, -0.15) is 0 Å². The molecule has 18 atom stereocenters. The average molecular weight is 735 g/mol. The molecule has 0 aromatic rings. The number of esters is 1. The highest BCUT2D eigenvalue weighted by Gasteiger charge is 2.52. The largest absolute Gasteiger partial charge is 0.459 e. The molecule has 0 amide bonds. The maximum atomic E-state index is 14.1. The maximum absolute atomic E-state index is 14.1. The van der Waals surface area contributed by atoms with Gasteiger partial charge in [0, 0.05) is 31.5 Å². The predicted molar refractivity (Wildman–Crippen MR) is 190 cm³/mol. The summed E-state index contributed by atoms with van der Waals surface area (Å²) in [7, 11) is 5.27. The third-order valence-corrected chi connectivity index (χ3v) is 11.7. The van der Waals surface area contributed by atoms with Crippen LogP contribution in [0.15, 0.2) is 0 Å². The minimum absolute atomic E-state index is 0.132. The third-order valence-electron chi connectivity index (χ3n) is 11.7. The highest BCUT2D eigenvalue weighted by molar-refractivity contribution is 5.73. The number of ether oxygens (including phenoxy) is 6. The zero-order chi connectivity index (χ0) is 38.8. The van der Waals surface area contributed by atoms with Gasteiger partial charge in [-0.3, -0.25) is 4.79 Å². The first-order chi connectivity index (χ1) is 23.5. The summed E-state index contributed by atoms with van der Waals surface area (Å²) in [5.41, 5.74) is -4.37. The summed E-state index contributed by atoms with van der Waals surface area (Å²) >= 11 is 0. The van der Waals surface area contributed by atoms with Crippen LogP contribution in [0.25, 0.3) is 0 Å². The molecule has 3 heterocycles. The SMILES string of the molecule is CC[C@H]1OC(=O)[C@H](C)[C@@H](O[C@H]2C[C@@](C)(OC)[C@@H](O)[C@H](C)O2)[C@@H](C)[C@@H](O[C@@H]2O[C@H](C)C[C@H](N(C)C)[C@H]2O)[C@](C)(O)C[C@@H](C)CN[C@H](C)[C@@H](O)[C@]1(C)O. The molecule has 0 unspecified atom stereocenters. The van der Waals surface area contributed by atoms with Gasteiger partial charge in [0.2, 0.25) is 0 Å². The van der Waals surface area contributed by atoms with E-state index in [2.05, 4.69) is 5.32 Å². The van der Waals surface area contributed by atoms with Crippen molar-refractivity contribution >= 4 is 5.97 Å². The zero-order valence-electron chi connectivity index (χ0n) is 33.2. The molecule has 0 bridgehead atoms. The average Bonchev–Trinajstić information content (AvgIpc) is 3.05. The number of rotatable bonds is 7. The molecule has 3 rings (SSSR count). The summed E-state index contributed by atoms with van der Waals surface area (Å²) < 4.78 is 37.4. The van der Waals surface area contributed by atoms with E-state index in [4.69, 9.17) is 28.4 Å². The Kier molecular flexibility index (Phi) is 15.3. The fraction of sp³-hybridized carbons (Fsp3) is 0.973. The third kappa shape index (κ3) is 10.2. The van der Waals surface area contributed by atoms with Gasteiger partial charge in [0.25, 0.3) is 0 Å². The molecule has 0 radical (unpaired) electrons. The predicted octanol–water partition coefficient (Wildman–Crippen LogP) is 1.56. The van der Waals surface area contributed by atoms with E-state index in [0.29, 0.717) is 13.0 Å². The van der Waals surface area contributed by atoms with E-state index in [9.17, 15) is 30.3 Å². The number of carbonyl (C=O) groups is 1. The first kappa shape index (κ1) is 44.4. The van der Waals surface area contributed by atoms with Crippen LogP contribution in [0, 0.1) is 17.8 Å². The smallest absolute Gasteiger partial charge is 0.311 e. The van der Waals surface area contributed by atoms with Crippen LogP contribution in [-0.4, -0.2) is 154 Å². The molecular weight excluding hydrogens is 664 g/mol. The highest BCUT2D eigenvalue weighted by Crippen LogP contribution is 2.40. The lowest BCUT2D eigenvalue weighted by Crippen LogP contribution is -2.60. The van der Waals surface area contributed by atoms with E-state index in [1.807, 2.05) is 39.8 Å². The molecule has 14 heteroatoms. The van der Waals surface area contributed by atoms with E-state index in [-0.39, 0.29) is 37.3 Å². The minimum Gasteiger partial charge on any atom is -0.459 e. The van der Waals surface area contributed by atoms with E-state index >= 15 is 0 Å². The lowest BCUT2D eigenvalue weighted by atomic mass is 9.77. The van der Waals surface area contributed by atoms with Gasteiger partial charge in [-0.05, 0) is 94.3 Å². The van der Waals surface area contributed by atoms with Crippen LogP contribution < -0.4 is 5.32 Å². The number of nitrogens with one attached hydrogen (secondary N) is 1. The molecule has 0 saturated carbocycles. The number of likely N-dealkylation sites (N-methyl/N-ethyl adjacent to an activating group) is 1. The van der Waals surface area contributed by atoms with Gasteiger partial charge >= 0.3 is 5.97 Å². The molecule has 0 aromatic carbocycles. The quantitative estimate of drug-likeness (QED) is 0.207. The Bertz CT molecular complexity index is 1110. The number of aliphatic hydroxyl groups excluding tert-OH is 3. The second-order valence-corrected chi connectivity index (χ2v) is 16.7. The molecule has 14 nitrogen and oxygen atoms in total. The van der Waals surface area contributed by atoms with Crippen molar-refractivity contribution < 1.29 is 58.7 Å². The zero-order valence-corrected chi connectivity index (χ0v) is 33.2. The summed E-state index contributed by atoms with van der Waals surface area (Å²) in [5.74, 6) is -2.60. The fourth-order valence-electron chi connectivity index (χ4n) is 8.36. The lowest BCUT2D eigenvalue weighted by Gasteiger charge is -2.48. The van der Waals surface area contributed by atoms with Crippen molar-refractivity contribution in [2.24, 2.45) is 17.8 Å². The standard InChI is InChI=1S/C37H70N2O12/c1-14-26-37(10,45)30(41)23(6)38-18-19(2)16-35(8,44)32(51-34-28(40)25(39(11)12)15-20(3)47-34)21(4)29(22(5)33(43)49-26)50-27-17-36(9,46-13)31(42)24(7)48-27/h19-32,34,38,40-42,44-45H,14-18H2,1-13H3/t19-,20-,21-,22-,23-,24+,25+,26-,27+,28-,29+,30-,31+,32-,34+,35-,36-,37-/m1/s1. The highest BCUT2D eigenvalue weighted by atomic mass is 16.7. The maximum Gasteiger partial charge on any atom is 0.311 e. The van der Waals surface area contributed by atoms with Crippen molar-refractivity contribution in [3.63, 3.8) is 0 Å². The number of methoxy groups -OCH3 is 1. The van der Waals surface area contributed by atoms with Crippen molar-refractivity contribution in [1.29, 1.82) is 0 Å². The molecule has 3 saturated heterocycles. The summed E-state index contributed by atoms with van der Waals surface area (Å²) in [6.45, 7) is 17.8. The lowest BCUT2D eigenvalue weighted by molar-refractivity contribution is -0.318. The van der Waals surface area contributed by atoms with Crippen molar-refractivity contribution in [2.75, 3.05) is 27.7 Å². The van der Waals surface area contributed by atoms with Crippen LogP contribution in [-0.2, 0) is 33.2 Å². The molecular formula is C37H70N2O12. The van der Waals surface area contributed by atoms with Gasteiger partial charge < -0.3 is 64.2 Å². The van der Waals surface area contributed by atoms with E-state index in [1.165, 1.54) is 14.0 Å². The Hall–Kier alpha value is -1.01. The molecule has 51 heavy (non-hydrogen) atoms. The molecule has 0 aliphatic carbocycles. The van der Waals surface area contributed by atoms with Crippen molar-refractivity contribution in [3.8, 4) is 0 Å². The van der Waals surface area contributed by atoms with Gasteiger partial charge in [0.05, 0.1) is 41.5 Å². The monoisotopic (exact) mass is 734 g/mol. The Morgan fingerprint density at radius 3 is 2.14 bits per heavy atom. The topological polar surface area (TPSA) is 189 Å². The van der Waals surface area contributed by atoms with E-state index < -0.39 is 96.0 Å². The van der Waals surface area contributed by atoms with Crippen LogP contribution in [0.5, 0.6) is 0 Å². The van der Waals surface area contributed by atoms with Crippen molar-refractivity contribution in [2.45, 2.75) is 185 Å². The minimum atomic E-state index is -1.80. The number of hydrogen-bond acceptors (Lipinski definition) is 14. The second-order valence-electron chi connectivity index (χ2n) is 16.7. The number of cyclic esters (lactones) is 1. The Morgan fingerprint density at radius 1 is 0.941 bits per heavy atom. The van der Waals surface area contributed by atoms with Gasteiger partial charge in [-0.15, -0.1) is 0 Å². The van der Waals surface area contributed by atoms with Gasteiger partial charge in [0.1, 0.15) is 30.0 Å². The van der Waals surface area contributed by atoms with Gasteiger partial charge in [0.15, 0.2) is 12.6 Å². The first-order valence-corrected chi connectivity index (χ1v) is 18.8. The first-order valence-electron chi connectivity index (χ1n) is 18.8. The van der Waals surface area contributed by atoms with Crippen molar-refractivity contribution in [1.82, 2.24) is 10.2 Å². The van der Waals surface area contributed by atoms with E-state index in [1.54, 1.807) is 41.5 Å². The molecule has 3 aliphatic rings. The molecule has 0 spiro atoms. The number of hydrogen-bond donors (Lipinski definition) is 6. The molecule has 3 aliphatic heterocycles. The van der Waals surface area contributed by atoms with Gasteiger partial charge in [-0.25, -0.2) is 0 Å². The summed E-state index contributed by atoms with van der Waals surface area (Å²) in [6.07, 6.45) is -8.22. The van der Waals surface area contributed by atoms with Crippen LogP contribution in [0.4, 0.5) is 0 Å². The molecule has 300 valence electrons. The summed E-state index contributed by atoms with van der Waals surface area (Å²) in [5, 5.41) is 60.9. The number of nitrogens with zero attached hydrogens (tertiary/aromatic N) is 1. The normalized spacial score (nSPS) is 49.9. The van der Waals surface area contributed by atoms with Crippen molar-refractivity contribution in [3.05, 3.63) is 0 Å². The van der Waals surface area contributed by atoms with Crippen LogP contribution in [0.1, 0.15) is 94.9 Å². The van der Waals surface area contributed by atoms with Gasteiger partial charge in [-0.1, -0.05) is 20.8 Å². The number of aliphatic hydroxyl groups is 5. The Labute approximate surface area is 305 Å². The number of carbonyl (C=O) groups excluding carboxylic acids is 1. The summed E-state index contributed by atoms with van der Waals surface area (Å²) in [6, 6.07) is -0.858. The second kappa shape index (κ2) is 17.6. The molecule has 3 fully saturated rings. The summed E-state index contributed by atoms with van der Waals surface area (Å²) in [4.78, 5) is 16.1. The van der Waals surface area contributed by atoms with Crippen LogP contribution >= 0.6 is 0 Å². The molecule has 6 N–H and O–H groups in total. The van der Waals surface area contributed by atoms with Crippen LogP contribution in [0.2, 0.25) is 0 Å². The Morgan fingerprint density at radius 2 is 1.57 bits per heavy atom. The molecule has 0 aromatic heterocycles. The Balaban J connectivity index is 2.15. The fourth-order valence-corrected chi connectivity index (χ4v) is 8.36. The van der Waals surface area contributed by atoms with E-state index in [0.717, 1.165) is 0 Å². The van der Waals surface area contributed by atoms with Crippen LogP contribution in [0.3, 0.4) is 0 Å².